The van der Waals surface area contributed by atoms with E-state index in [1.165, 1.54) is 0 Å². The summed E-state index contributed by atoms with van der Waals surface area (Å²) in [6.45, 7) is 1.98. The van der Waals surface area contributed by atoms with Gasteiger partial charge >= 0.3 is 0 Å². The Morgan fingerprint density at radius 3 is 2.94 bits per heavy atom. The first-order valence-corrected chi connectivity index (χ1v) is 6.13. The van der Waals surface area contributed by atoms with Gasteiger partial charge in [0.15, 0.2) is 0 Å². The molecule has 0 unspecified atom stereocenters. The number of pyridine rings is 1. The second kappa shape index (κ2) is 4.33. The summed E-state index contributed by atoms with van der Waals surface area (Å²) in [6.07, 6.45) is 3.78. The minimum Gasteiger partial charge on any atom is -0.508 e. The van der Waals surface area contributed by atoms with E-state index < -0.39 is 0 Å². The van der Waals surface area contributed by atoms with Crippen LogP contribution in [0.4, 0.5) is 0 Å². The Balaban J connectivity index is 1.86. The van der Waals surface area contributed by atoms with E-state index in [0.29, 0.717) is 5.75 Å². The molecule has 1 N–H and O–H groups in total. The van der Waals surface area contributed by atoms with Crippen molar-refractivity contribution in [3.8, 4) is 11.5 Å². The fraction of sp³-hybridized carbons (Fsp3) is 0.267. The molecule has 1 aromatic carbocycles. The van der Waals surface area contributed by atoms with Gasteiger partial charge in [0, 0.05) is 17.5 Å². The first kappa shape index (κ1) is 11.1. The van der Waals surface area contributed by atoms with Crippen LogP contribution in [-0.2, 0) is 6.42 Å². The van der Waals surface area contributed by atoms with Crippen molar-refractivity contribution in [3.05, 3.63) is 53.3 Å². The van der Waals surface area contributed by atoms with Crippen LogP contribution in [0.25, 0.3) is 0 Å². The lowest BCUT2D eigenvalue weighted by Crippen LogP contribution is -2.15. The molecule has 0 aliphatic carbocycles. The molecule has 1 aliphatic rings. The van der Waals surface area contributed by atoms with Crippen molar-refractivity contribution in [3.63, 3.8) is 0 Å². The monoisotopic (exact) mass is 241 g/mol. The van der Waals surface area contributed by atoms with Crippen LogP contribution in [0.3, 0.4) is 0 Å². The van der Waals surface area contributed by atoms with E-state index in [1.807, 2.05) is 25.3 Å². The molecular formula is C15H15NO2. The molecule has 1 aliphatic heterocycles. The van der Waals surface area contributed by atoms with Gasteiger partial charge < -0.3 is 9.84 Å². The Kier molecular flexibility index (Phi) is 2.67. The predicted molar refractivity (Wildman–Crippen MR) is 68.8 cm³/mol. The van der Waals surface area contributed by atoms with Gasteiger partial charge in [-0.1, -0.05) is 6.07 Å². The number of rotatable bonds is 1. The summed E-state index contributed by atoms with van der Waals surface area (Å²) in [6, 6.07) is 9.34. The van der Waals surface area contributed by atoms with Gasteiger partial charge in [0.1, 0.15) is 17.6 Å². The molecule has 0 saturated heterocycles. The quantitative estimate of drug-likeness (QED) is 0.833. The summed E-state index contributed by atoms with van der Waals surface area (Å²) in [5.74, 6) is 1.16. The Morgan fingerprint density at radius 2 is 2.17 bits per heavy atom. The number of aromatic hydroxyl groups is 1. The zero-order valence-electron chi connectivity index (χ0n) is 10.3. The highest BCUT2D eigenvalue weighted by molar-refractivity contribution is 5.41. The van der Waals surface area contributed by atoms with Gasteiger partial charge in [0.2, 0.25) is 0 Å². The Labute approximate surface area is 106 Å². The number of hydrogen-bond donors (Lipinski definition) is 1. The molecule has 0 saturated carbocycles. The molecule has 1 aromatic heterocycles. The van der Waals surface area contributed by atoms with E-state index in [9.17, 15) is 5.11 Å². The van der Waals surface area contributed by atoms with Gasteiger partial charge in [-0.3, -0.25) is 4.98 Å². The molecule has 1 atom stereocenters. The molecule has 0 amide bonds. The van der Waals surface area contributed by atoms with Crippen molar-refractivity contribution >= 4 is 0 Å². The second-order valence-corrected chi connectivity index (χ2v) is 4.67. The van der Waals surface area contributed by atoms with Crippen LogP contribution >= 0.6 is 0 Å². The fourth-order valence-electron chi connectivity index (χ4n) is 2.28. The fourth-order valence-corrected chi connectivity index (χ4v) is 2.28. The van der Waals surface area contributed by atoms with Crippen molar-refractivity contribution in [2.24, 2.45) is 0 Å². The molecule has 92 valence electrons. The zero-order valence-corrected chi connectivity index (χ0v) is 10.3. The molecular weight excluding hydrogens is 226 g/mol. The van der Waals surface area contributed by atoms with Crippen LogP contribution in [0, 0.1) is 6.92 Å². The third-order valence-corrected chi connectivity index (χ3v) is 3.30. The molecule has 3 rings (SSSR count). The summed E-state index contributed by atoms with van der Waals surface area (Å²) in [7, 11) is 0. The third kappa shape index (κ3) is 2.04. The smallest absolute Gasteiger partial charge is 0.126 e. The number of nitrogens with zero attached hydrogens (tertiary/aromatic N) is 1. The number of phenolic OH excluding ortho intramolecular Hbond substituents is 1. The van der Waals surface area contributed by atoms with Crippen molar-refractivity contribution in [2.75, 3.05) is 0 Å². The van der Waals surface area contributed by atoms with Gasteiger partial charge in [-0.05, 0) is 49.6 Å². The van der Waals surface area contributed by atoms with E-state index in [4.69, 9.17) is 4.74 Å². The molecule has 0 bridgehead atoms. The minimum absolute atomic E-state index is 0.0649. The van der Waals surface area contributed by atoms with Crippen molar-refractivity contribution in [1.29, 1.82) is 0 Å². The maximum absolute atomic E-state index is 9.44. The van der Waals surface area contributed by atoms with Crippen molar-refractivity contribution in [2.45, 2.75) is 25.9 Å². The molecule has 0 spiro atoms. The number of aryl methyl sites for hydroxylation is 2. The lowest BCUT2D eigenvalue weighted by Gasteiger charge is -2.26. The van der Waals surface area contributed by atoms with Crippen LogP contribution in [0.15, 0.2) is 36.5 Å². The van der Waals surface area contributed by atoms with Gasteiger partial charge in [0.05, 0.1) is 0 Å². The summed E-state index contributed by atoms with van der Waals surface area (Å²) in [4.78, 5) is 4.30. The summed E-state index contributed by atoms with van der Waals surface area (Å²) >= 11 is 0. The third-order valence-electron chi connectivity index (χ3n) is 3.30. The summed E-state index contributed by atoms with van der Waals surface area (Å²) in [5.41, 5.74) is 3.20. The van der Waals surface area contributed by atoms with Crippen LogP contribution in [0.1, 0.15) is 29.3 Å². The van der Waals surface area contributed by atoms with Crippen LogP contribution in [-0.4, -0.2) is 10.1 Å². The molecule has 0 fully saturated rings. The minimum atomic E-state index is 0.0649. The van der Waals surface area contributed by atoms with Crippen molar-refractivity contribution in [1.82, 2.24) is 4.98 Å². The Hall–Kier alpha value is -2.03. The highest BCUT2D eigenvalue weighted by Gasteiger charge is 2.21. The van der Waals surface area contributed by atoms with Gasteiger partial charge in [-0.2, -0.15) is 0 Å². The van der Waals surface area contributed by atoms with E-state index in [-0.39, 0.29) is 6.10 Å². The zero-order chi connectivity index (χ0) is 12.5. The summed E-state index contributed by atoms with van der Waals surface area (Å²) < 4.78 is 5.96. The van der Waals surface area contributed by atoms with E-state index >= 15 is 0 Å². The first-order valence-electron chi connectivity index (χ1n) is 6.13. The lowest BCUT2D eigenvalue weighted by atomic mass is 9.98. The number of aromatic nitrogens is 1. The first-order chi connectivity index (χ1) is 8.72. The van der Waals surface area contributed by atoms with Crippen LogP contribution in [0.5, 0.6) is 11.5 Å². The number of fused-ring (bicyclic) bond motifs is 1. The maximum Gasteiger partial charge on any atom is 0.126 e. The van der Waals surface area contributed by atoms with Gasteiger partial charge in [0.25, 0.3) is 0 Å². The second-order valence-electron chi connectivity index (χ2n) is 4.67. The largest absolute Gasteiger partial charge is 0.508 e. The van der Waals surface area contributed by atoms with E-state index in [0.717, 1.165) is 35.4 Å². The number of benzene rings is 1. The number of hydrogen-bond acceptors (Lipinski definition) is 3. The van der Waals surface area contributed by atoms with E-state index in [1.54, 1.807) is 12.1 Å². The van der Waals surface area contributed by atoms with Crippen molar-refractivity contribution < 1.29 is 9.84 Å². The average molecular weight is 241 g/mol. The highest BCUT2D eigenvalue weighted by atomic mass is 16.5. The standard InChI is InChI=1S/C15H15NO2/c1-10-2-3-12(9-16-10)15-6-4-11-8-13(17)5-7-14(11)18-15/h2-3,5,7-9,15,17H,4,6H2,1H3/t15-/m1/s1. The molecule has 2 aromatic rings. The number of phenols is 1. The molecule has 3 nitrogen and oxygen atoms in total. The maximum atomic E-state index is 9.44. The van der Waals surface area contributed by atoms with E-state index in [2.05, 4.69) is 11.1 Å². The Bertz CT molecular complexity index is 563. The summed E-state index contributed by atoms with van der Waals surface area (Å²) in [5, 5.41) is 9.44. The lowest BCUT2D eigenvalue weighted by molar-refractivity contribution is 0.176. The SMILES string of the molecule is Cc1ccc([C@H]2CCc3cc(O)ccc3O2)cn1. The van der Waals surface area contributed by atoms with Crippen LogP contribution < -0.4 is 4.74 Å². The highest BCUT2D eigenvalue weighted by Crippen LogP contribution is 2.36. The molecule has 0 radical (unpaired) electrons. The average Bonchev–Trinajstić information content (AvgIpc) is 2.39. The number of ether oxygens (including phenoxy) is 1. The van der Waals surface area contributed by atoms with Gasteiger partial charge in [-0.15, -0.1) is 0 Å². The normalized spacial score (nSPS) is 17.9. The topological polar surface area (TPSA) is 42.4 Å². The predicted octanol–water partition coefficient (Wildman–Crippen LogP) is 3.16. The molecule has 18 heavy (non-hydrogen) atoms. The Morgan fingerprint density at radius 1 is 1.28 bits per heavy atom. The van der Waals surface area contributed by atoms with Gasteiger partial charge in [-0.25, -0.2) is 0 Å². The molecule has 2 heterocycles. The van der Waals surface area contributed by atoms with Crippen LogP contribution in [0.2, 0.25) is 0 Å². The molecule has 3 heteroatoms.